The first-order chi connectivity index (χ1) is 7.04. The van der Waals surface area contributed by atoms with Crippen molar-refractivity contribution in [2.24, 2.45) is 0 Å². The Morgan fingerprint density at radius 1 is 1.67 bits per heavy atom. The number of thiocarbonyl (C=S) groups is 1. The summed E-state index contributed by atoms with van der Waals surface area (Å²) < 4.78 is 6.85. The first-order valence-electron chi connectivity index (χ1n) is 4.49. The first kappa shape index (κ1) is 12.2. The number of aromatic nitrogens is 2. The van der Waals surface area contributed by atoms with Crippen molar-refractivity contribution in [3.63, 3.8) is 0 Å². The number of rotatable bonds is 1. The highest BCUT2D eigenvalue weighted by Crippen LogP contribution is 2.12. The summed E-state index contributed by atoms with van der Waals surface area (Å²) in [5, 5.41) is 4.18. The summed E-state index contributed by atoms with van der Waals surface area (Å²) >= 11 is 5.95. The molecule has 15 heavy (non-hydrogen) atoms. The summed E-state index contributed by atoms with van der Waals surface area (Å²) in [6.07, 6.45) is 0.340. The van der Waals surface area contributed by atoms with E-state index in [0.717, 1.165) is 23.4 Å². The molecule has 0 aliphatic heterocycles. The molecule has 0 bridgehead atoms. The molecular weight excluding hydrogens is 232 g/mol. The number of hydrogen-bond donors (Lipinski definition) is 0. The Kier molecular flexibility index (Phi) is 4.28. The topological polar surface area (TPSA) is 44.1 Å². The van der Waals surface area contributed by atoms with Crippen molar-refractivity contribution < 1.29 is 8.98 Å². The maximum absolute atomic E-state index is 10.9. The third-order valence-corrected chi connectivity index (χ3v) is 2.64. The Morgan fingerprint density at radius 3 is 2.80 bits per heavy atom. The lowest BCUT2D eigenvalue weighted by Gasteiger charge is -2.04. The lowest BCUT2D eigenvalue weighted by atomic mass is 10.4. The van der Waals surface area contributed by atoms with Crippen molar-refractivity contribution in [1.82, 2.24) is 9.78 Å². The van der Waals surface area contributed by atoms with E-state index in [-0.39, 0.29) is 5.97 Å². The van der Waals surface area contributed by atoms with Crippen molar-refractivity contribution in [3.8, 4) is 0 Å². The zero-order valence-corrected chi connectivity index (χ0v) is 10.4. The average molecular weight is 244 g/mol. The highest BCUT2D eigenvalue weighted by Gasteiger charge is 2.10. The van der Waals surface area contributed by atoms with Gasteiger partial charge in [-0.2, -0.15) is 5.10 Å². The van der Waals surface area contributed by atoms with Crippen LogP contribution < -0.4 is 0 Å². The largest absolute Gasteiger partial charge is 0.383 e. The predicted octanol–water partition coefficient (Wildman–Crippen LogP) is 2.23. The number of carbonyl (C=O) groups is 1. The molecule has 1 aromatic heterocycles. The standard InChI is InChI=1S/C9H12N2O2S2/c1-4-8(12)13-15-9(14)11-7(3)5-6(2)10-11/h5H,4H2,1-3H3. The fourth-order valence-electron chi connectivity index (χ4n) is 0.990. The molecule has 0 fully saturated rings. The molecule has 0 amide bonds. The number of hydrogen-bond acceptors (Lipinski definition) is 5. The zero-order chi connectivity index (χ0) is 11.4. The molecular formula is C9H12N2O2S2. The van der Waals surface area contributed by atoms with Gasteiger partial charge in [-0.3, -0.25) is 4.79 Å². The molecule has 1 rings (SSSR count). The predicted molar refractivity (Wildman–Crippen MR) is 63.7 cm³/mol. The van der Waals surface area contributed by atoms with Crippen LogP contribution in [0.5, 0.6) is 0 Å². The van der Waals surface area contributed by atoms with Gasteiger partial charge < -0.3 is 4.18 Å². The van der Waals surface area contributed by atoms with Gasteiger partial charge in [0.15, 0.2) is 0 Å². The van der Waals surface area contributed by atoms with Crippen molar-refractivity contribution in [2.75, 3.05) is 0 Å². The summed E-state index contributed by atoms with van der Waals surface area (Å²) in [6, 6.07) is 1.91. The van der Waals surface area contributed by atoms with Crippen molar-refractivity contribution in [2.45, 2.75) is 27.2 Å². The molecule has 0 saturated carbocycles. The van der Waals surface area contributed by atoms with Gasteiger partial charge in [0.1, 0.15) is 12.0 Å². The van der Waals surface area contributed by atoms with E-state index in [9.17, 15) is 4.79 Å². The zero-order valence-electron chi connectivity index (χ0n) is 8.81. The Balaban J connectivity index is 2.61. The lowest BCUT2D eigenvalue weighted by Crippen LogP contribution is -2.10. The Morgan fingerprint density at radius 2 is 2.33 bits per heavy atom. The summed E-state index contributed by atoms with van der Waals surface area (Å²) in [6.45, 7) is 5.51. The van der Waals surface area contributed by atoms with Crippen LogP contribution in [0.3, 0.4) is 0 Å². The highest BCUT2D eigenvalue weighted by molar-refractivity contribution is 8.20. The van der Waals surface area contributed by atoms with E-state index in [1.807, 2.05) is 19.9 Å². The second-order valence-corrected chi connectivity index (χ2v) is 4.36. The summed E-state index contributed by atoms with van der Waals surface area (Å²) in [7, 11) is 0. The van der Waals surface area contributed by atoms with E-state index in [1.165, 1.54) is 0 Å². The van der Waals surface area contributed by atoms with Crippen LogP contribution in [0, 0.1) is 13.8 Å². The monoisotopic (exact) mass is 244 g/mol. The lowest BCUT2D eigenvalue weighted by molar-refractivity contribution is -0.132. The van der Waals surface area contributed by atoms with E-state index in [2.05, 4.69) is 5.10 Å². The van der Waals surface area contributed by atoms with Gasteiger partial charge >= 0.3 is 5.97 Å². The normalized spacial score (nSPS) is 10.1. The maximum atomic E-state index is 10.9. The van der Waals surface area contributed by atoms with Gasteiger partial charge in [0.2, 0.25) is 4.32 Å². The van der Waals surface area contributed by atoms with Crippen LogP contribution in [0.4, 0.5) is 0 Å². The van der Waals surface area contributed by atoms with Crippen molar-refractivity contribution >= 4 is 34.6 Å². The summed E-state index contributed by atoms with van der Waals surface area (Å²) in [5.74, 6) is -0.288. The SMILES string of the molecule is CCC(=O)OSC(=S)n1nc(C)cc1C. The Hall–Kier alpha value is -0.880. The van der Waals surface area contributed by atoms with Crippen LogP contribution in [0.15, 0.2) is 6.07 Å². The second kappa shape index (κ2) is 5.27. The number of carbonyl (C=O) groups excluding carboxylic acids is 1. The van der Waals surface area contributed by atoms with Gasteiger partial charge in [-0.25, -0.2) is 4.68 Å². The maximum Gasteiger partial charge on any atom is 0.317 e. The van der Waals surface area contributed by atoms with E-state index in [4.69, 9.17) is 16.4 Å². The molecule has 0 unspecified atom stereocenters. The molecule has 0 aromatic carbocycles. The van der Waals surface area contributed by atoms with E-state index >= 15 is 0 Å². The van der Waals surface area contributed by atoms with E-state index in [1.54, 1.807) is 11.6 Å². The molecule has 0 N–H and O–H groups in total. The molecule has 0 aliphatic carbocycles. The van der Waals surface area contributed by atoms with Crippen LogP contribution >= 0.6 is 24.3 Å². The van der Waals surface area contributed by atoms with Gasteiger partial charge in [-0.1, -0.05) is 6.92 Å². The molecule has 1 heterocycles. The minimum atomic E-state index is -0.288. The minimum Gasteiger partial charge on any atom is -0.383 e. The van der Waals surface area contributed by atoms with Crippen LogP contribution in [0.1, 0.15) is 24.7 Å². The molecule has 0 aliphatic rings. The van der Waals surface area contributed by atoms with Crippen LogP contribution in [0.2, 0.25) is 0 Å². The smallest absolute Gasteiger partial charge is 0.317 e. The molecule has 0 radical (unpaired) electrons. The molecule has 6 heteroatoms. The molecule has 1 aromatic rings. The van der Waals surface area contributed by atoms with E-state index in [0.29, 0.717) is 10.7 Å². The Labute approximate surface area is 98.2 Å². The van der Waals surface area contributed by atoms with Crippen LogP contribution in [-0.4, -0.2) is 20.1 Å². The van der Waals surface area contributed by atoms with Gasteiger partial charge in [-0.05, 0) is 32.1 Å². The van der Waals surface area contributed by atoms with Crippen LogP contribution in [-0.2, 0) is 8.98 Å². The van der Waals surface area contributed by atoms with Crippen molar-refractivity contribution in [3.05, 3.63) is 17.5 Å². The van der Waals surface area contributed by atoms with Gasteiger partial charge in [0, 0.05) is 12.1 Å². The molecule has 4 nitrogen and oxygen atoms in total. The quantitative estimate of drug-likeness (QED) is 0.560. The van der Waals surface area contributed by atoms with Gasteiger partial charge in [0.05, 0.1) is 5.69 Å². The third-order valence-electron chi connectivity index (χ3n) is 1.68. The molecule has 0 saturated heterocycles. The van der Waals surface area contributed by atoms with Crippen molar-refractivity contribution in [1.29, 1.82) is 0 Å². The molecule has 0 spiro atoms. The third kappa shape index (κ3) is 3.32. The average Bonchev–Trinajstić information content (AvgIpc) is 2.53. The van der Waals surface area contributed by atoms with Crippen LogP contribution in [0.25, 0.3) is 0 Å². The molecule has 82 valence electrons. The summed E-state index contributed by atoms with van der Waals surface area (Å²) in [5.41, 5.74) is 1.81. The number of aryl methyl sites for hydroxylation is 2. The minimum absolute atomic E-state index is 0.288. The Bertz CT molecular complexity index is 387. The first-order valence-corrected chi connectivity index (χ1v) is 5.64. The highest BCUT2D eigenvalue weighted by atomic mass is 32.2. The van der Waals surface area contributed by atoms with E-state index < -0.39 is 0 Å². The van der Waals surface area contributed by atoms with Gasteiger partial charge in [-0.15, -0.1) is 0 Å². The summed E-state index contributed by atoms with van der Waals surface area (Å²) in [4.78, 5) is 10.9. The fraction of sp³-hybridized carbons (Fsp3) is 0.444. The second-order valence-electron chi connectivity index (χ2n) is 3.00. The van der Waals surface area contributed by atoms with Gasteiger partial charge in [0.25, 0.3) is 0 Å². The molecule has 0 atom stereocenters. The number of nitrogens with zero attached hydrogens (tertiary/aromatic N) is 2. The fourth-order valence-corrected chi connectivity index (χ4v) is 1.81.